The second-order valence-electron chi connectivity index (χ2n) is 8.10. The summed E-state index contributed by atoms with van der Waals surface area (Å²) in [5.74, 6) is 0.306. The number of likely N-dealkylation sites (N-methyl/N-ethyl adjacent to an activating group) is 1. The van der Waals surface area contributed by atoms with Gasteiger partial charge in [-0.25, -0.2) is 0 Å². The van der Waals surface area contributed by atoms with Crippen molar-refractivity contribution in [2.24, 2.45) is 5.41 Å². The summed E-state index contributed by atoms with van der Waals surface area (Å²) in [5.41, 5.74) is 2.12. The van der Waals surface area contributed by atoms with E-state index in [-0.39, 0.29) is 17.0 Å². The molecule has 0 amide bonds. The van der Waals surface area contributed by atoms with Gasteiger partial charge in [0.15, 0.2) is 5.78 Å². The van der Waals surface area contributed by atoms with E-state index < -0.39 is 0 Å². The Labute approximate surface area is 130 Å². The minimum atomic E-state index is -0.325. The lowest BCUT2D eigenvalue weighted by molar-refractivity contribution is -0.133. The Morgan fingerprint density at radius 3 is 1.90 bits per heavy atom. The number of carbonyl (C=O) groups is 1. The van der Waals surface area contributed by atoms with E-state index in [0.29, 0.717) is 5.78 Å². The number of nitrogens with zero attached hydrogens (tertiary/aromatic N) is 1. The van der Waals surface area contributed by atoms with Gasteiger partial charge in [0.25, 0.3) is 0 Å². The van der Waals surface area contributed by atoms with Crippen LogP contribution < -0.4 is 0 Å². The summed E-state index contributed by atoms with van der Waals surface area (Å²) < 4.78 is 0. The molecule has 1 rings (SSSR count). The van der Waals surface area contributed by atoms with Crippen LogP contribution in [-0.2, 0) is 11.2 Å². The van der Waals surface area contributed by atoms with Crippen molar-refractivity contribution in [3.05, 3.63) is 35.4 Å². The quantitative estimate of drug-likeness (QED) is 0.826. The molecule has 21 heavy (non-hydrogen) atoms. The Bertz CT molecular complexity index is 474. The SMILES string of the molecule is Cc1ccc(C[C@H](C(=O)C(C)(C)C)N(C)C(C)(C)C)cc1. The van der Waals surface area contributed by atoms with Crippen molar-refractivity contribution in [2.75, 3.05) is 7.05 Å². The minimum absolute atomic E-state index is 0.0315. The van der Waals surface area contributed by atoms with E-state index in [1.54, 1.807) is 0 Å². The van der Waals surface area contributed by atoms with E-state index in [4.69, 9.17) is 0 Å². The molecule has 2 heteroatoms. The summed E-state index contributed by atoms with van der Waals surface area (Å²) in [5, 5.41) is 0. The number of hydrogen-bond donors (Lipinski definition) is 0. The molecule has 0 aliphatic carbocycles. The van der Waals surface area contributed by atoms with E-state index in [9.17, 15) is 4.79 Å². The van der Waals surface area contributed by atoms with E-state index in [1.165, 1.54) is 11.1 Å². The molecule has 0 N–H and O–H groups in total. The van der Waals surface area contributed by atoms with Gasteiger partial charge in [-0.2, -0.15) is 0 Å². The van der Waals surface area contributed by atoms with Crippen LogP contribution >= 0.6 is 0 Å². The molecule has 0 fully saturated rings. The third-order valence-electron chi connectivity index (χ3n) is 4.12. The van der Waals surface area contributed by atoms with Gasteiger partial charge in [0.2, 0.25) is 0 Å². The molecule has 0 saturated heterocycles. The fourth-order valence-electron chi connectivity index (χ4n) is 2.32. The Kier molecular flexibility index (Phi) is 5.38. The van der Waals surface area contributed by atoms with Crippen LogP contribution in [0, 0.1) is 12.3 Å². The molecule has 118 valence electrons. The monoisotopic (exact) mass is 289 g/mol. The lowest BCUT2D eigenvalue weighted by Crippen LogP contribution is -2.52. The molecule has 0 unspecified atom stereocenters. The van der Waals surface area contributed by atoms with Crippen LogP contribution in [0.5, 0.6) is 0 Å². The van der Waals surface area contributed by atoms with Gasteiger partial charge in [0.05, 0.1) is 6.04 Å². The second kappa shape index (κ2) is 6.31. The maximum Gasteiger partial charge on any atom is 0.155 e. The predicted octanol–water partition coefficient (Wildman–Crippen LogP) is 4.25. The van der Waals surface area contributed by atoms with E-state index in [0.717, 1.165) is 6.42 Å². The molecular weight excluding hydrogens is 258 g/mol. The van der Waals surface area contributed by atoms with Gasteiger partial charge in [0.1, 0.15) is 0 Å². The van der Waals surface area contributed by atoms with Crippen molar-refractivity contribution in [3.63, 3.8) is 0 Å². The first-order valence-electron chi connectivity index (χ1n) is 7.75. The van der Waals surface area contributed by atoms with Crippen LogP contribution in [0.3, 0.4) is 0 Å². The van der Waals surface area contributed by atoms with Crippen molar-refractivity contribution in [1.82, 2.24) is 4.90 Å². The summed E-state index contributed by atoms with van der Waals surface area (Å²) in [6.45, 7) is 14.6. The van der Waals surface area contributed by atoms with Gasteiger partial charge >= 0.3 is 0 Å². The van der Waals surface area contributed by atoms with Gasteiger partial charge in [0, 0.05) is 11.0 Å². The first kappa shape index (κ1) is 17.9. The zero-order chi connectivity index (χ0) is 16.4. The van der Waals surface area contributed by atoms with E-state index >= 15 is 0 Å². The van der Waals surface area contributed by atoms with Crippen molar-refractivity contribution < 1.29 is 4.79 Å². The van der Waals surface area contributed by atoms with Gasteiger partial charge < -0.3 is 0 Å². The average Bonchev–Trinajstić information content (AvgIpc) is 2.34. The zero-order valence-corrected chi connectivity index (χ0v) is 14.9. The fourth-order valence-corrected chi connectivity index (χ4v) is 2.32. The lowest BCUT2D eigenvalue weighted by Gasteiger charge is -2.40. The summed E-state index contributed by atoms with van der Waals surface area (Å²) >= 11 is 0. The van der Waals surface area contributed by atoms with Gasteiger partial charge in [-0.1, -0.05) is 50.6 Å². The smallest absolute Gasteiger partial charge is 0.155 e. The number of aryl methyl sites for hydroxylation is 1. The molecule has 2 nitrogen and oxygen atoms in total. The van der Waals surface area contributed by atoms with Crippen LogP contribution in [0.25, 0.3) is 0 Å². The molecule has 0 spiro atoms. The molecule has 0 aliphatic rings. The molecule has 0 aromatic heterocycles. The van der Waals surface area contributed by atoms with E-state index in [1.807, 2.05) is 20.8 Å². The Balaban J connectivity index is 3.08. The Hall–Kier alpha value is -1.15. The van der Waals surface area contributed by atoms with Crippen LogP contribution in [0.2, 0.25) is 0 Å². The van der Waals surface area contributed by atoms with Crippen molar-refractivity contribution >= 4 is 5.78 Å². The molecule has 0 heterocycles. The average molecular weight is 289 g/mol. The van der Waals surface area contributed by atoms with Gasteiger partial charge in [-0.05, 0) is 46.7 Å². The highest BCUT2D eigenvalue weighted by Crippen LogP contribution is 2.26. The lowest BCUT2D eigenvalue weighted by atomic mass is 9.82. The van der Waals surface area contributed by atoms with E-state index in [2.05, 4.69) is 63.9 Å². The van der Waals surface area contributed by atoms with Crippen LogP contribution in [0.1, 0.15) is 52.7 Å². The predicted molar refractivity (Wildman–Crippen MR) is 90.6 cm³/mol. The normalized spacial score (nSPS) is 14.3. The summed E-state index contributed by atoms with van der Waals surface area (Å²) in [7, 11) is 2.06. The van der Waals surface area contributed by atoms with Crippen LogP contribution in [-0.4, -0.2) is 29.3 Å². The van der Waals surface area contributed by atoms with Crippen LogP contribution in [0.4, 0.5) is 0 Å². The standard InChI is InChI=1S/C19H31NO/c1-14-9-11-15(12-10-14)13-16(17(21)18(2,3)4)20(8)19(5,6)7/h9-12,16H,13H2,1-8H3/t16-/m1/s1. The first-order valence-corrected chi connectivity index (χ1v) is 7.75. The molecule has 0 radical (unpaired) electrons. The molecular formula is C19H31NO. The Morgan fingerprint density at radius 1 is 1.05 bits per heavy atom. The largest absolute Gasteiger partial charge is 0.297 e. The second-order valence-corrected chi connectivity index (χ2v) is 8.10. The highest BCUT2D eigenvalue weighted by atomic mass is 16.1. The minimum Gasteiger partial charge on any atom is -0.297 e. The third-order valence-corrected chi connectivity index (χ3v) is 4.12. The number of rotatable bonds is 4. The summed E-state index contributed by atoms with van der Waals surface area (Å²) in [6, 6.07) is 8.41. The number of hydrogen-bond acceptors (Lipinski definition) is 2. The van der Waals surface area contributed by atoms with Crippen molar-refractivity contribution in [2.45, 2.75) is 66.5 Å². The van der Waals surface area contributed by atoms with Gasteiger partial charge in [-0.3, -0.25) is 9.69 Å². The van der Waals surface area contributed by atoms with Crippen LogP contribution in [0.15, 0.2) is 24.3 Å². The maximum absolute atomic E-state index is 12.9. The fraction of sp³-hybridized carbons (Fsp3) is 0.632. The highest BCUT2D eigenvalue weighted by Gasteiger charge is 2.36. The molecule has 1 aromatic carbocycles. The molecule has 1 atom stereocenters. The topological polar surface area (TPSA) is 20.3 Å². The molecule has 0 saturated carbocycles. The maximum atomic E-state index is 12.9. The zero-order valence-electron chi connectivity index (χ0n) is 14.9. The Morgan fingerprint density at radius 2 is 1.52 bits per heavy atom. The number of benzene rings is 1. The van der Waals surface area contributed by atoms with Crippen molar-refractivity contribution in [1.29, 1.82) is 0 Å². The molecule has 0 aliphatic heterocycles. The molecule has 0 bridgehead atoms. The highest BCUT2D eigenvalue weighted by molar-refractivity contribution is 5.89. The number of carbonyl (C=O) groups excluding carboxylic acids is 1. The van der Waals surface area contributed by atoms with Crippen molar-refractivity contribution in [3.8, 4) is 0 Å². The summed E-state index contributed by atoms with van der Waals surface area (Å²) in [4.78, 5) is 15.1. The number of ketones is 1. The first-order chi connectivity index (χ1) is 9.43. The molecule has 1 aromatic rings. The number of Topliss-reactive ketones (excluding diaryl/α,β-unsaturated/α-hetero) is 1. The third kappa shape index (κ3) is 4.96. The van der Waals surface area contributed by atoms with Gasteiger partial charge in [-0.15, -0.1) is 0 Å². The summed E-state index contributed by atoms with van der Waals surface area (Å²) in [6.07, 6.45) is 0.768.